The lowest BCUT2D eigenvalue weighted by Crippen LogP contribution is -2.43. The Labute approximate surface area is 119 Å². The van der Waals surface area contributed by atoms with E-state index < -0.39 is 6.04 Å². The van der Waals surface area contributed by atoms with Gasteiger partial charge in [0.05, 0.1) is 18.2 Å². The zero-order valence-corrected chi connectivity index (χ0v) is 12.3. The van der Waals surface area contributed by atoms with Gasteiger partial charge in [-0.25, -0.2) is 0 Å². The summed E-state index contributed by atoms with van der Waals surface area (Å²) in [5, 5.41) is 7.38. The van der Waals surface area contributed by atoms with Crippen LogP contribution < -0.4 is 5.32 Å². The zero-order valence-electron chi connectivity index (χ0n) is 12.3. The predicted molar refractivity (Wildman–Crippen MR) is 74.7 cm³/mol. The van der Waals surface area contributed by atoms with Crippen LogP contribution in [0.25, 0.3) is 0 Å². The van der Waals surface area contributed by atoms with Crippen LogP contribution in [-0.4, -0.2) is 38.6 Å². The molecule has 20 heavy (non-hydrogen) atoms. The lowest BCUT2D eigenvalue weighted by atomic mass is 10.1. The van der Waals surface area contributed by atoms with Gasteiger partial charge in [-0.1, -0.05) is 13.8 Å². The number of aryl methyl sites for hydroxylation is 1. The van der Waals surface area contributed by atoms with E-state index in [4.69, 9.17) is 0 Å². The molecule has 1 aromatic heterocycles. The summed E-state index contributed by atoms with van der Waals surface area (Å²) in [6, 6.07) is 1.51. The number of hydrogen-bond donors (Lipinski definition) is 1. The van der Waals surface area contributed by atoms with Crippen molar-refractivity contribution in [2.24, 2.45) is 7.05 Å². The Kier molecular flexibility index (Phi) is 4.54. The second-order valence-electron chi connectivity index (χ2n) is 5.19. The molecule has 1 atom stereocenters. The van der Waals surface area contributed by atoms with E-state index in [1.165, 1.54) is 4.90 Å². The van der Waals surface area contributed by atoms with Crippen LogP contribution in [0.4, 0.5) is 0 Å². The number of amides is 2. The van der Waals surface area contributed by atoms with Crippen molar-refractivity contribution in [2.45, 2.75) is 51.7 Å². The number of hydrogen-bond acceptors (Lipinski definition) is 4. The van der Waals surface area contributed by atoms with Gasteiger partial charge in [0, 0.05) is 25.8 Å². The minimum atomic E-state index is -0.412. The Morgan fingerprint density at radius 3 is 2.65 bits per heavy atom. The van der Waals surface area contributed by atoms with Gasteiger partial charge in [0.1, 0.15) is 0 Å². The van der Waals surface area contributed by atoms with E-state index in [9.17, 15) is 9.59 Å². The largest absolute Gasteiger partial charge is 0.300 e. The Morgan fingerprint density at radius 2 is 2.10 bits per heavy atom. The van der Waals surface area contributed by atoms with Crippen molar-refractivity contribution in [2.75, 3.05) is 0 Å². The molecule has 2 rings (SSSR count). The third-order valence-electron chi connectivity index (χ3n) is 3.79. The smallest absolute Gasteiger partial charge is 0.247 e. The summed E-state index contributed by atoms with van der Waals surface area (Å²) in [4.78, 5) is 25.8. The van der Waals surface area contributed by atoms with Crippen LogP contribution in [0.5, 0.6) is 0 Å². The lowest BCUT2D eigenvalue weighted by molar-refractivity contribution is -0.141. The van der Waals surface area contributed by atoms with Crippen molar-refractivity contribution in [3.05, 3.63) is 18.0 Å². The van der Waals surface area contributed by atoms with Crippen molar-refractivity contribution >= 4 is 11.8 Å². The molecule has 1 saturated heterocycles. The fourth-order valence-corrected chi connectivity index (χ4v) is 2.63. The summed E-state index contributed by atoms with van der Waals surface area (Å²) in [6.07, 6.45) is 3.72. The molecule has 0 saturated carbocycles. The minimum Gasteiger partial charge on any atom is -0.300 e. The number of nitrogens with zero attached hydrogens (tertiary/aromatic N) is 3. The van der Waals surface area contributed by atoms with Gasteiger partial charge < -0.3 is 0 Å². The van der Waals surface area contributed by atoms with E-state index in [1.54, 1.807) is 4.68 Å². The van der Waals surface area contributed by atoms with Gasteiger partial charge in [-0.2, -0.15) is 5.10 Å². The Balaban J connectivity index is 1.97. The number of carbonyl (C=O) groups excluding carboxylic acids is 2. The van der Waals surface area contributed by atoms with Crippen molar-refractivity contribution in [1.29, 1.82) is 0 Å². The van der Waals surface area contributed by atoms with Gasteiger partial charge in [0.15, 0.2) is 0 Å². The van der Waals surface area contributed by atoms with Gasteiger partial charge >= 0.3 is 0 Å². The van der Waals surface area contributed by atoms with Crippen LogP contribution in [0, 0.1) is 0 Å². The third kappa shape index (κ3) is 2.90. The molecular weight excluding hydrogens is 256 g/mol. The van der Waals surface area contributed by atoms with Crippen molar-refractivity contribution in [1.82, 2.24) is 20.0 Å². The predicted octanol–water partition coefficient (Wildman–Crippen LogP) is 0.826. The standard InChI is InChI=1S/C14H22N4O2/c1-4-11(5-2)18-13(19)8-12(14(18)20)15-9-10-6-7-17(3)16-10/h6-7,11-12,15H,4-5,8-9H2,1-3H3. The third-order valence-corrected chi connectivity index (χ3v) is 3.79. The lowest BCUT2D eigenvalue weighted by Gasteiger charge is -2.24. The fourth-order valence-electron chi connectivity index (χ4n) is 2.63. The number of carbonyl (C=O) groups is 2. The molecule has 1 aromatic rings. The van der Waals surface area contributed by atoms with E-state index in [-0.39, 0.29) is 24.3 Å². The first kappa shape index (κ1) is 14.7. The van der Waals surface area contributed by atoms with E-state index in [1.807, 2.05) is 33.2 Å². The second-order valence-corrected chi connectivity index (χ2v) is 5.19. The highest BCUT2D eigenvalue weighted by Gasteiger charge is 2.40. The molecule has 1 N–H and O–H groups in total. The van der Waals surface area contributed by atoms with E-state index >= 15 is 0 Å². The Morgan fingerprint density at radius 1 is 1.40 bits per heavy atom. The molecule has 1 fully saturated rings. The van der Waals surface area contributed by atoms with E-state index in [0.29, 0.717) is 6.54 Å². The first-order valence-corrected chi connectivity index (χ1v) is 7.14. The van der Waals surface area contributed by atoms with Crippen molar-refractivity contribution < 1.29 is 9.59 Å². The van der Waals surface area contributed by atoms with Gasteiger partial charge in [-0.3, -0.25) is 24.5 Å². The highest BCUT2D eigenvalue weighted by atomic mass is 16.2. The summed E-state index contributed by atoms with van der Waals surface area (Å²) >= 11 is 0. The minimum absolute atomic E-state index is 0.0247. The van der Waals surface area contributed by atoms with Gasteiger partial charge in [0.2, 0.25) is 11.8 Å². The Bertz CT molecular complexity index is 493. The molecule has 6 nitrogen and oxygen atoms in total. The molecule has 2 amide bonds. The highest BCUT2D eigenvalue weighted by molar-refractivity contribution is 6.05. The first-order valence-electron chi connectivity index (χ1n) is 7.14. The molecule has 0 bridgehead atoms. The number of nitrogens with one attached hydrogen (secondary N) is 1. The summed E-state index contributed by atoms with van der Waals surface area (Å²) in [5.41, 5.74) is 0.869. The maximum absolute atomic E-state index is 12.3. The van der Waals surface area contributed by atoms with Crippen LogP contribution in [0.3, 0.4) is 0 Å². The van der Waals surface area contributed by atoms with E-state index in [2.05, 4.69) is 10.4 Å². The maximum atomic E-state index is 12.3. The number of imide groups is 1. The molecule has 1 aliphatic rings. The first-order chi connectivity index (χ1) is 9.56. The average Bonchev–Trinajstić information content (AvgIpc) is 2.95. The summed E-state index contributed by atoms with van der Waals surface area (Å²) in [7, 11) is 1.85. The number of rotatable bonds is 6. The van der Waals surface area contributed by atoms with Crippen LogP contribution >= 0.6 is 0 Å². The van der Waals surface area contributed by atoms with Crippen LogP contribution in [0.15, 0.2) is 12.3 Å². The molecule has 1 aliphatic heterocycles. The molecule has 6 heteroatoms. The fraction of sp³-hybridized carbons (Fsp3) is 0.643. The summed E-state index contributed by atoms with van der Waals surface area (Å²) < 4.78 is 1.72. The average molecular weight is 278 g/mol. The molecule has 0 aromatic carbocycles. The molecular formula is C14H22N4O2. The summed E-state index contributed by atoms with van der Waals surface area (Å²) in [5.74, 6) is -0.165. The zero-order chi connectivity index (χ0) is 14.7. The topological polar surface area (TPSA) is 67.2 Å². The SMILES string of the molecule is CCC(CC)N1C(=O)CC(NCc2ccn(C)n2)C1=O. The molecule has 2 heterocycles. The van der Waals surface area contributed by atoms with Gasteiger partial charge in [0.25, 0.3) is 0 Å². The quantitative estimate of drug-likeness (QED) is 0.783. The molecule has 0 radical (unpaired) electrons. The van der Waals surface area contributed by atoms with Gasteiger partial charge in [-0.05, 0) is 18.9 Å². The van der Waals surface area contributed by atoms with Crippen molar-refractivity contribution in [3.63, 3.8) is 0 Å². The van der Waals surface area contributed by atoms with Crippen LogP contribution in [-0.2, 0) is 23.2 Å². The molecule has 110 valence electrons. The van der Waals surface area contributed by atoms with Gasteiger partial charge in [-0.15, -0.1) is 0 Å². The van der Waals surface area contributed by atoms with Crippen molar-refractivity contribution in [3.8, 4) is 0 Å². The Hall–Kier alpha value is -1.69. The maximum Gasteiger partial charge on any atom is 0.247 e. The number of likely N-dealkylation sites (tertiary alicyclic amines) is 1. The number of aromatic nitrogens is 2. The molecule has 0 aliphatic carbocycles. The van der Waals surface area contributed by atoms with Crippen LogP contribution in [0.2, 0.25) is 0 Å². The summed E-state index contributed by atoms with van der Waals surface area (Å²) in [6.45, 7) is 4.51. The highest BCUT2D eigenvalue weighted by Crippen LogP contribution is 2.20. The molecule has 1 unspecified atom stereocenters. The van der Waals surface area contributed by atoms with E-state index in [0.717, 1.165) is 18.5 Å². The van der Waals surface area contributed by atoms with Crippen LogP contribution in [0.1, 0.15) is 38.8 Å². The normalized spacial score (nSPS) is 19.4. The molecule has 0 spiro atoms. The monoisotopic (exact) mass is 278 g/mol. The second kappa shape index (κ2) is 6.17.